The van der Waals surface area contributed by atoms with E-state index in [1.54, 1.807) is 6.34 Å². The number of aliphatic hydroxyl groups excluding tert-OH is 1. The summed E-state index contributed by atoms with van der Waals surface area (Å²) in [7, 11) is 0. The van der Waals surface area contributed by atoms with Crippen molar-refractivity contribution in [2.45, 2.75) is 68.4 Å². The first kappa shape index (κ1) is 27.4. The predicted octanol–water partition coefficient (Wildman–Crippen LogP) is 3.36. The molecule has 0 radical (unpaired) electrons. The number of aliphatic hydroxyl groups is 1. The van der Waals surface area contributed by atoms with Crippen LogP contribution in [0.4, 0.5) is 13.2 Å². The van der Waals surface area contributed by atoms with Crippen LogP contribution in [0.3, 0.4) is 0 Å². The predicted molar refractivity (Wildman–Crippen MR) is 143 cm³/mol. The molecule has 1 aliphatic carbocycles. The Morgan fingerprint density at radius 3 is 2.76 bits per heavy atom. The van der Waals surface area contributed by atoms with Crippen LogP contribution in [-0.4, -0.2) is 68.8 Å². The van der Waals surface area contributed by atoms with E-state index in [9.17, 15) is 23.5 Å². The number of ether oxygens (including phenoxy) is 1. The number of alkyl halides is 3. The van der Waals surface area contributed by atoms with E-state index in [0.717, 1.165) is 43.4 Å². The maximum atomic E-state index is 13.3. The maximum Gasteiger partial charge on any atom is 0.433 e. The smallest absolute Gasteiger partial charge is 0.433 e. The largest absolute Gasteiger partial charge is 0.474 e. The summed E-state index contributed by atoms with van der Waals surface area (Å²) < 4.78 is 47.8. The van der Waals surface area contributed by atoms with Crippen molar-refractivity contribution < 1.29 is 23.0 Å². The maximum absolute atomic E-state index is 13.3. The van der Waals surface area contributed by atoms with Gasteiger partial charge in [-0.3, -0.25) is 14.6 Å². The Morgan fingerprint density at radius 2 is 2.02 bits per heavy atom. The van der Waals surface area contributed by atoms with Crippen LogP contribution in [0.5, 0.6) is 5.88 Å². The van der Waals surface area contributed by atoms with Gasteiger partial charge in [-0.1, -0.05) is 6.08 Å². The number of nitrogens with one attached hydrogen (secondary N) is 1. The number of fused-ring (bicyclic) bond motifs is 1. The standard InChI is InChI=1S/C28H31F3N8O2/c29-28(30,31)23-11-18(4-10-40)12-24(37-23)41-21-2-8-38(9-3-21)20-13-27(14-20,5-6-32)39-16-19(15-36-39)25-22-1-7-33-26(22)35-17-34-25/h1,7,11-12,15-17,20-22,25,40H,2-5,8-10,13-14H2,(H,33,34,35). The Labute approximate surface area is 235 Å². The fourth-order valence-corrected chi connectivity index (χ4v) is 6.31. The van der Waals surface area contributed by atoms with Crippen molar-refractivity contribution in [3.63, 3.8) is 0 Å². The number of halogens is 3. The minimum atomic E-state index is -4.59. The molecule has 0 aromatic carbocycles. The van der Waals surface area contributed by atoms with Gasteiger partial charge in [0.15, 0.2) is 0 Å². The number of hydrogen-bond acceptors (Lipinski definition) is 9. The Hall–Kier alpha value is -3.76. The van der Waals surface area contributed by atoms with Crippen molar-refractivity contribution >= 4 is 12.2 Å². The molecule has 13 heteroatoms. The lowest BCUT2D eigenvalue weighted by atomic mass is 9.69. The first-order chi connectivity index (χ1) is 19.8. The van der Waals surface area contributed by atoms with Crippen LogP contribution in [-0.2, 0) is 18.1 Å². The molecule has 2 unspecified atom stereocenters. The molecule has 41 heavy (non-hydrogen) atoms. The zero-order chi connectivity index (χ0) is 28.6. The third kappa shape index (κ3) is 5.46. The molecule has 10 nitrogen and oxygen atoms in total. The minimum Gasteiger partial charge on any atom is -0.474 e. The molecule has 0 spiro atoms. The van der Waals surface area contributed by atoms with E-state index in [4.69, 9.17) is 4.74 Å². The molecule has 4 aliphatic rings. The summed E-state index contributed by atoms with van der Waals surface area (Å²) in [6.45, 7) is 1.22. The summed E-state index contributed by atoms with van der Waals surface area (Å²) in [4.78, 5) is 14.9. The highest BCUT2D eigenvalue weighted by Crippen LogP contribution is 2.46. The fourth-order valence-electron chi connectivity index (χ4n) is 6.31. The van der Waals surface area contributed by atoms with Crippen LogP contribution in [0.25, 0.3) is 0 Å². The average molecular weight is 569 g/mol. The Kier molecular flexibility index (Phi) is 7.29. The molecule has 3 aliphatic heterocycles. The van der Waals surface area contributed by atoms with E-state index < -0.39 is 11.9 Å². The van der Waals surface area contributed by atoms with E-state index in [1.807, 2.05) is 29.4 Å². The number of nitrogens with zero attached hydrogens (tertiary/aromatic N) is 7. The van der Waals surface area contributed by atoms with Gasteiger partial charge < -0.3 is 15.2 Å². The summed E-state index contributed by atoms with van der Waals surface area (Å²) in [5.74, 6) is 0.863. The highest BCUT2D eigenvalue weighted by molar-refractivity contribution is 5.96. The second-order valence-corrected chi connectivity index (χ2v) is 11.1. The fraction of sp³-hybridized carbons (Fsp3) is 0.536. The van der Waals surface area contributed by atoms with Crippen LogP contribution in [0.2, 0.25) is 0 Å². The van der Waals surface area contributed by atoms with E-state index >= 15 is 0 Å². The van der Waals surface area contributed by atoms with Crippen LogP contribution in [0.1, 0.15) is 55.0 Å². The summed E-state index contributed by atoms with van der Waals surface area (Å²) in [6, 6.07) is 4.96. The van der Waals surface area contributed by atoms with Gasteiger partial charge in [0.1, 0.15) is 24.0 Å². The van der Waals surface area contributed by atoms with Crippen molar-refractivity contribution in [1.29, 1.82) is 5.26 Å². The normalized spacial score (nSPS) is 28.0. The molecule has 2 atom stereocenters. The number of likely N-dealkylation sites (tertiary alicyclic amines) is 1. The molecule has 2 N–H and O–H groups in total. The molecule has 0 amide bonds. The molecule has 2 aromatic heterocycles. The van der Waals surface area contributed by atoms with Gasteiger partial charge in [-0.15, -0.1) is 0 Å². The lowest BCUT2D eigenvalue weighted by Gasteiger charge is -2.52. The highest BCUT2D eigenvalue weighted by atomic mass is 19.4. The van der Waals surface area contributed by atoms with E-state index in [2.05, 4.69) is 36.4 Å². The summed E-state index contributed by atoms with van der Waals surface area (Å²) in [5, 5.41) is 26.6. The van der Waals surface area contributed by atoms with Crippen molar-refractivity contribution in [1.82, 2.24) is 25.0 Å². The average Bonchev–Trinajstić information content (AvgIpc) is 3.61. The summed E-state index contributed by atoms with van der Waals surface area (Å²) >= 11 is 0. The van der Waals surface area contributed by atoms with Crippen LogP contribution >= 0.6 is 0 Å². The second-order valence-electron chi connectivity index (χ2n) is 11.1. The van der Waals surface area contributed by atoms with Crippen molar-refractivity contribution in [2.24, 2.45) is 15.9 Å². The first-order valence-corrected chi connectivity index (χ1v) is 13.8. The van der Waals surface area contributed by atoms with Crippen molar-refractivity contribution in [3.05, 3.63) is 53.6 Å². The number of hydrogen-bond donors (Lipinski definition) is 2. The van der Waals surface area contributed by atoms with Gasteiger partial charge in [0.2, 0.25) is 5.88 Å². The summed E-state index contributed by atoms with van der Waals surface area (Å²) in [6.07, 6.45) is 7.86. The molecule has 1 saturated carbocycles. The molecule has 2 fully saturated rings. The number of pyridine rings is 1. The van der Waals surface area contributed by atoms with Gasteiger partial charge in [-0.05, 0) is 49.9 Å². The molecule has 1 saturated heterocycles. The quantitative estimate of drug-likeness (QED) is 0.501. The van der Waals surface area contributed by atoms with E-state index in [0.29, 0.717) is 24.8 Å². The third-order valence-electron chi connectivity index (χ3n) is 8.52. The van der Waals surface area contributed by atoms with Crippen molar-refractivity contribution in [2.75, 3.05) is 19.7 Å². The van der Waals surface area contributed by atoms with Gasteiger partial charge in [-0.2, -0.15) is 23.5 Å². The molecule has 216 valence electrons. The second kappa shape index (κ2) is 10.9. The number of rotatable bonds is 8. The third-order valence-corrected chi connectivity index (χ3v) is 8.52. The SMILES string of the molecule is N#CCC1(n2cc(C3N=CN=C4NC=CC43)cn2)CC(N2CCC(Oc3cc(CCO)cc(C(F)(F)F)n3)CC2)C1. The highest BCUT2D eigenvalue weighted by Gasteiger charge is 2.49. The van der Waals surface area contributed by atoms with Gasteiger partial charge >= 0.3 is 6.18 Å². The molecule has 5 heterocycles. The van der Waals surface area contributed by atoms with E-state index in [1.165, 1.54) is 6.07 Å². The Bertz CT molecular complexity index is 1400. The van der Waals surface area contributed by atoms with Crippen LogP contribution in [0, 0.1) is 17.2 Å². The zero-order valence-corrected chi connectivity index (χ0v) is 22.3. The van der Waals surface area contributed by atoms with Gasteiger partial charge in [0.05, 0.1) is 36.2 Å². The minimum absolute atomic E-state index is 0.0506. The monoisotopic (exact) mass is 568 g/mol. The lowest BCUT2D eigenvalue weighted by Crippen LogP contribution is -2.58. The Balaban J connectivity index is 1.07. The number of piperidine rings is 1. The van der Waals surface area contributed by atoms with Gasteiger partial charge in [-0.25, -0.2) is 9.98 Å². The van der Waals surface area contributed by atoms with Crippen molar-refractivity contribution in [3.8, 4) is 11.9 Å². The number of nitriles is 1. The lowest BCUT2D eigenvalue weighted by molar-refractivity contribution is -0.141. The van der Waals surface area contributed by atoms with Crippen LogP contribution in [0.15, 0.2) is 46.8 Å². The molecular formula is C28H31F3N8O2. The summed E-state index contributed by atoms with van der Waals surface area (Å²) in [5.41, 5.74) is -0.0698. The van der Waals surface area contributed by atoms with Gasteiger partial charge in [0, 0.05) is 43.6 Å². The van der Waals surface area contributed by atoms with E-state index in [-0.39, 0.29) is 48.6 Å². The van der Waals surface area contributed by atoms with Crippen LogP contribution < -0.4 is 10.1 Å². The first-order valence-electron chi connectivity index (χ1n) is 13.8. The molecule has 6 rings (SSSR count). The number of aromatic nitrogens is 3. The number of aliphatic imine (C=N–C) groups is 2. The Morgan fingerprint density at radius 1 is 1.22 bits per heavy atom. The molecule has 2 aromatic rings. The topological polar surface area (TPSA) is 124 Å². The molecular weight excluding hydrogens is 537 g/mol. The molecule has 0 bridgehead atoms. The zero-order valence-electron chi connectivity index (χ0n) is 22.3. The number of amidine groups is 1. The van der Waals surface area contributed by atoms with Gasteiger partial charge in [0.25, 0.3) is 0 Å².